The second-order valence-electron chi connectivity index (χ2n) is 5.25. The standard InChI is InChI=1S/C14H20ClN5O/c1-10(2)5-7-21-8-6-20-14(17-18-19-20)12-9-11(15)3-4-13(12)16/h3-4,9-10H,5-8,16H2,1-2H3. The maximum absolute atomic E-state index is 6.00. The maximum atomic E-state index is 6.00. The average Bonchev–Trinajstić information content (AvgIpc) is 2.89. The maximum Gasteiger partial charge on any atom is 0.184 e. The van der Waals surface area contributed by atoms with E-state index in [2.05, 4.69) is 29.4 Å². The minimum Gasteiger partial charge on any atom is -0.398 e. The van der Waals surface area contributed by atoms with Gasteiger partial charge in [0, 0.05) is 22.9 Å². The molecule has 1 aromatic heterocycles. The number of ether oxygens (including phenoxy) is 1. The van der Waals surface area contributed by atoms with Crippen LogP contribution < -0.4 is 5.73 Å². The summed E-state index contributed by atoms with van der Waals surface area (Å²) in [6.07, 6.45) is 1.05. The van der Waals surface area contributed by atoms with Crippen LogP contribution >= 0.6 is 11.6 Å². The second kappa shape index (κ2) is 7.38. The Hall–Kier alpha value is -1.66. The van der Waals surface area contributed by atoms with Crippen LogP contribution in [0.1, 0.15) is 20.3 Å². The van der Waals surface area contributed by atoms with Crippen LogP contribution in [0.5, 0.6) is 0 Å². The summed E-state index contributed by atoms with van der Waals surface area (Å²) in [4.78, 5) is 0. The van der Waals surface area contributed by atoms with Crippen molar-refractivity contribution in [3.05, 3.63) is 23.2 Å². The monoisotopic (exact) mass is 309 g/mol. The minimum absolute atomic E-state index is 0.561. The number of nitrogen functional groups attached to an aromatic ring is 1. The molecule has 0 saturated heterocycles. The highest BCUT2D eigenvalue weighted by Gasteiger charge is 2.12. The smallest absolute Gasteiger partial charge is 0.184 e. The van der Waals surface area contributed by atoms with Gasteiger partial charge in [-0.1, -0.05) is 25.4 Å². The third kappa shape index (κ3) is 4.41. The van der Waals surface area contributed by atoms with Gasteiger partial charge in [0.25, 0.3) is 0 Å². The lowest BCUT2D eigenvalue weighted by Gasteiger charge is -2.09. The van der Waals surface area contributed by atoms with E-state index in [9.17, 15) is 0 Å². The van der Waals surface area contributed by atoms with Crippen LogP contribution in [0, 0.1) is 5.92 Å². The summed E-state index contributed by atoms with van der Waals surface area (Å²) in [5, 5.41) is 12.3. The first kappa shape index (κ1) is 15.7. The Morgan fingerprint density at radius 2 is 2.14 bits per heavy atom. The Balaban J connectivity index is 2.00. The van der Waals surface area contributed by atoms with Gasteiger partial charge < -0.3 is 10.5 Å². The number of anilines is 1. The van der Waals surface area contributed by atoms with Gasteiger partial charge in [0.1, 0.15) is 0 Å². The molecular weight excluding hydrogens is 290 g/mol. The molecule has 7 heteroatoms. The number of tetrazole rings is 1. The molecule has 0 radical (unpaired) electrons. The van der Waals surface area contributed by atoms with Crippen LogP contribution in [0.2, 0.25) is 5.02 Å². The third-order valence-electron chi connectivity index (χ3n) is 3.08. The van der Waals surface area contributed by atoms with E-state index in [1.54, 1.807) is 22.9 Å². The van der Waals surface area contributed by atoms with Gasteiger partial charge in [-0.05, 0) is 41.0 Å². The van der Waals surface area contributed by atoms with Crippen LogP contribution in [0.25, 0.3) is 11.4 Å². The fraction of sp³-hybridized carbons (Fsp3) is 0.500. The van der Waals surface area contributed by atoms with Crippen molar-refractivity contribution in [3.63, 3.8) is 0 Å². The SMILES string of the molecule is CC(C)CCOCCn1nnnc1-c1cc(Cl)ccc1N. The van der Waals surface area contributed by atoms with Gasteiger partial charge in [-0.15, -0.1) is 5.10 Å². The number of halogens is 1. The first-order valence-corrected chi connectivity index (χ1v) is 7.35. The van der Waals surface area contributed by atoms with Crippen LogP contribution in [-0.2, 0) is 11.3 Å². The van der Waals surface area contributed by atoms with Crippen molar-refractivity contribution >= 4 is 17.3 Å². The molecule has 1 aromatic carbocycles. The van der Waals surface area contributed by atoms with Gasteiger partial charge in [-0.2, -0.15) is 0 Å². The molecule has 6 nitrogen and oxygen atoms in total. The zero-order valence-corrected chi connectivity index (χ0v) is 13.0. The summed E-state index contributed by atoms with van der Waals surface area (Å²) in [6, 6.07) is 5.25. The lowest BCUT2D eigenvalue weighted by atomic mass is 10.1. The highest BCUT2D eigenvalue weighted by Crippen LogP contribution is 2.26. The number of aromatic nitrogens is 4. The number of nitrogens with two attached hydrogens (primary N) is 1. The van der Waals surface area contributed by atoms with E-state index in [0.29, 0.717) is 35.6 Å². The molecule has 0 aliphatic carbocycles. The van der Waals surface area contributed by atoms with Gasteiger partial charge in [0.05, 0.1) is 13.2 Å². The Morgan fingerprint density at radius 1 is 1.33 bits per heavy atom. The fourth-order valence-corrected chi connectivity index (χ4v) is 2.01. The molecule has 0 atom stereocenters. The number of rotatable bonds is 7. The summed E-state index contributed by atoms with van der Waals surface area (Å²) in [5.74, 6) is 1.24. The van der Waals surface area contributed by atoms with Crippen molar-refractivity contribution in [2.45, 2.75) is 26.8 Å². The zero-order chi connectivity index (χ0) is 15.2. The van der Waals surface area contributed by atoms with E-state index in [-0.39, 0.29) is 0 Å². The third-order valence-corrected chi connectivity index (χ3v) is 3.31. The topological polar surface area (TPSA) is 78.8 Å². The Bertz CT molecular complexity index is 584. The molecule has 21 heavy (non-hydrogen) atoms. The van der Waals surface area contributed by atoms with Gasteiger partial charge in [-0.25, -0.2) is 4.68 Å². The largest absolute Gasteiger partial charge is 0.398 e. The molecule has 0 bridgehead atoms. The van der Waals surface area contributed by atoms with Gasteiger partial charge in [-0.3, -0.25) is 0 Å². The predicted octanol–water partition coefficient (Wildman–Crippen LogP) is 2.64. The lowest BCUT2D eigenvalue weighted by molar-refractivity contribution is 0.114. The van der Waals surface area contributed by atoms with Crippen molar-refractivity contribution in [1.29, 1.82) is 0 Å². The van der Waals surface area contributed by atoms with Crippen molar-refractivity contribution < 1.29 is 4.74 Å². The summed E-state index contributed by atoms with van der Waals surface area (Å²) < 4.78 is 7.27. The van der Waals surface area contributed by atoms with E-state index in [1.165, 1.54) is 0 Å². The molecule has 114 valence electrons. The molecule has 0 fully saturated rings. The van der Waals surface area contributed by atoms with Gasteiger partial charge >= 0.3 is 0 Å². The van der Waals surface area contributed by atoms with Crippen LogP contribution in [-0.4, -0.2) is 33.4 Å². The van der Waals surface area contributed by atoms with Crippen molar-refractivity contribution in [1.82, 2.24) is 20.2 Å². The first-order valence-electron chi connectivity index (χ1n) is 6.97. The van der Waals surface area contributed by atoms with Gasteiger partial charge in [0.15, 0.2) is 5.82 Å². The molecule has 2 rings (SSSR count). The molecule has 0 unspecified atom stereocenters. The van der Waals surface area contributed by atoms with Crippen LogP contribution in [0.4, 0.5) is 5.69 Å². The lowest BCUT2D eigenvalue weighted by Crippen LogP contribution is -2.11. The van der Waals surface area contributed by atoms with Crippen molar-refractivity contribution in [3.8, 4) is 11.4 Å². The fourth-order valence-electron chi connectivity index (χ4n) is 1.84. The molecule has 0 saturated carbocycles. The average molecular weight is 310 g/mol. The highest BCUT2D eigenvalue weighted by molar-refractivity contribution is 6.31. The Morgan fingerprint density at radius 3 is 2.90 bits per heavy atom. The van der Waals surface area contributed by atoms with E-state index in [1.807, 2.05) is 0 Å². The van der Waals surface area contributed by atoms with E-state index >= 15 is 0 Å². The zero-order valence-electron chi connectivity index (χ0n) is 12.3. The predicted molar refractivity (Wildman–Crippen MR) is 82.9 cm³/mol. The van der Waals surface area contributed by atoms with Crippen LogP contribution in [0.15, 0.2) is 18.2 Å². The van der Waals surface area contributed by atoms with E-state index in [0.717, 1.165) is 18.6 Å². The summed E-state index contributed by atoms with van der Waals surface area (Å²) in [6.45, 7) is 6.22. The summed E-state index contributed by atoms with van der Waals surface area (Å²) >= 11 is 6.00. The van der Waals surface area contributed by atoms with Crippen molar-refractivity contribution in [2.24, 2.45) is 5.92 Å². The molecule has 2 aromatic rings. The molecule has 0 aliphatic heterocycles. The second-order valence-corrected chi connectivity index (χ2v) is 5.69. The molecule has 0 aliphatic rings. The number of hydrogen-bond donors (Lipinski definition) is 1. The number of hydrogen-bond acceptors (Lipinski definition) is 5. The Kier molecular flexibility index (Phi) is 5.52. The van der Waals surface area contributed by atoms with Crippen molar-refractivity contribution in [2.75, 3.05) is 18.9 Å². The molecule has 2 N–H and O–H groups in total. The normalized spacial score (nSPS) is 11.2. The van der Waals surface area contributed by atoms with E-state index < -0.39 is 0 Å². The van der Waals surface area contributed by atoms with Crippen LogP contribution in [0.3, 0.4) is 0 Å². The quantitative estimate of drug-likeness (QED) is 0.628. The molecule has 1 heterocycles. The minimum atomic E-state index is 0.561. The van der Waals surface area contributed by atoms with Gasteiger partial charge in [0.2, 0.25) is 0 Å². The molecule has 0 spiro atoms. The molecular formula is C14H20ClN5O. The molecule has 0 amide bonds. The number of nitrogens with zero attached hydrogens (tertiary/aromatic N) is 4. The Labute approximate surface area is 129 Å². The number of benzene rings is 1. The first-order chi connectivity index (χ1) is 10.1. The summed E-state index contributed by atoms with van der Waals surface area (Å²) in [7, 11) is 0. The highest BCUT2D eigenvalue weighted by atomic mass is 35.5. The summed E-state index contributed by atoms with van der Waals surface area (Å²) in [5.41, 5.74) is 7.29. The van der Waals surface area contributed by atoms with E-state index in [4.69, 9.17) is 22.1 Å².